The molecule has 2 aromatic heterocycles. The number of methoxy groups -OCH3 is 1. The van der Waals surface area contributed by atoms with E-state index in [1.54, 1.807) is 22.8 Å². The Morgan fingerprint density at radius 2 is 1.94 bits per heavy atom. The summed E-state index contributed by atoms with van der Waals surface area (Å²) < 4.78 is 12.8. The Morgan fingerprint density at radius 3 is 2.62 bits per heavy atom. The van der Waals surface area contributed by atoms with E-state index >= 15 is 0 Å². The van der Waals surface area contributed by atoms with Gasteiger partial charge in [0.1, 0.15) is 17.1 Å². The Labute approximate surface area is 200 Å². The van der Waals surface area contributed by atoms with Crippen LogP contribution in [0.15, 0.2) is 51.9 Å². The summed E-state index contributed by atoms with van der Waals surface area (Å²) in [6.45, 7) is 8.98. The largest absolute Gasteiger partial charge is 0.496 e. The van der Waals surface area contributed by atoms with E-state index in [1.165, 1.54) is 29.9 Å². The Hall–Kier alpha value is -3.32. The number of carbonyl (C=O) groups excluding carboxylic acids is 1. The molecule has 180 valence electrons. The summed E-state index contributed by atoms with van der Waals surface area (Å²) in [7, 11) is 3.25. The van der Waals surface area contributed by atoms with Crippen LogP contribution in [0, 0.1) is 13.8 Å². The molecule has 7 nitrogen and oxygen atoms in total. The summed E-state index contributed by atoms with van der Waals surface area (Å²) in [4.78, 5) is 30.6. The van der Waals surface area contributed by atoms with Gasteiger partial charge in [0.25, 0.3) is 11.5 Å². The molecule has 1 amide bonds. The highest BCUT2D eigenvalue weighted by atomic mass is 16.5. The van der Waals surface area contributed by atoms with Gasteiger partial charge < -0.3 is 18.6 Å². The van der Waals surface area contributed by atoms with E-state index in [0.717, 1.165) is 25.3 Å². The van der Waals surface area contributed by atoms with Gasteiger partial charge in [-0.25, -0.2) is 0 Å². The van der Waals surface area contributed by atoms with Crippen molar-refractivity contribution in [1.82, 2.24) is 14.4 Å². The van der Waals surface area contributed by atoms with Crippen LogP contribution in [0.5, 0.6) is 5.75 Å². The van der Waals surface area contributed by atoms with Crippen LogP contribution in [0.4, 0.5) is 0 Å². The highest BCUT2D eigenvalue weighted by molar-refractivity contribution is 5.98. The van der Waals surface area contributed by atoms with Crippen LogP contribution in [0.3, 0.4) is 0 Å². The number of ether oxygens (including phenoxy) is 1. The first-order valence-corrected chi connectivity index (χ1v) is 11.7. The van der Waals surface area contributed by atoms with Gasteiger partial charge in [0.15, 0.2) is 0 Å². The van der Waals surface area contributed by atoms with Crippen molar-refractivity contribution in [3.8, 4) is 5.75 Å². The third kappa shape index (κ3) is 4.66. The Morgan fingerprint density at radius 1 is 1.15 bits per heavy atom. The first-order valence-electron chi connectivity index (χ1n) is 11.7. The zero-order valence-electron chi connectivity index (χ0n) is 20.6. The lowest BCUT2D eigenvalue weighted by Gasteiger charge is -2.26. The molecular weight excluding hydrogens is 430 g/mol. The van der Waals surface area contributed by atoms with Gasteiger partial charge in [0.05, 0.1) is 19.4 Å². The van der Waals surface area contributed by atoms with Gasteiger partial charge in [0, 0.05) is 51.4 Å². The molecule has 0 saturated heterocycles. The average molecular weight is 464 g/mol. The molecule has 0 saturated carbocycles. The second-order valence-electron chi connectivity index (χ2n) is 9.08. The molecule has 7 heteroatoms. The lowest BCUT2D eigenvalue weighted by molar-refractivity contribution is 0.0720. The lowest BCUT2D eigenvalue weighted by Crippen LogP contribution is -2.34. The van der Waals surface area contributed by atoms with Gasteiger partial charge in [-0.15, -0.1) is 0 Å². The molecule has 3 heterocycles. The molecule has 0 aliphatic carbocycles. The smallest absolute Gasteiger partial charge is 0.259 e. The summed E-state index contributed by atoms with van der Waals surface area (Å²) >= 11 is 0. The van der Waals surface area contributed by atoms with Crippen molar-refractivity contribution in [3.63, 3.8) is 0 Å². The molecule has 0 fully saturated rings. The third-order valence-corrected chi connectivity index (χ3v) is 6.95. The SMILES string of the molecule is COc1cc(=O)n2c(c1C(=O)N(C)[C@@H](C)c1ccco1)CCN(Cc1ccc(C)c(C)c1)CC2. The van der Waals surface area contributed by atoms with Crippen molar-refractivity contribution in [2.24, 2.45) is 0 Å². The first-order chi connectivity index (χ1) is 16.3. The molecule has 3 aromatic rings. The molecular formula is C27H33N3O4. The van der Waals surface area contributed by atoms with Crippen LogP contribution >= 0.6 is 0 Å². The van der Waals surface area contributed by atoms with Gasteiger partial charge in [-0.2, -0.15) is 0 Å². The number of furan rings is 1. The molecule has 34 heavy (non-hydrogen) atoms. The van der Waals surface area contributed by atoms with Crippen LogP contribution in [-0.4, -0.2) is 47.5 Å². The highest BCUT2D eigenvalue weighted by Crippen LogP contribution is 2.28. The fourth-order valence-electron chi connectivity index (χ4n) is 4.57. The van der Waals surface area contributed by atoms with Crippen molar-refractivity contribution in [2.45, 2.75) is 46.3 Å². The minimum Gasteiger partial charge on any atom is -0.496 e. The molecule has 0 N–H and O–H groups in total. The van der Waals surface area contributed by atoms with Gasteiger partial charge in [-0.1, -0.05) is 18.2 Å². The topological polar surface area (TPSA) is 67.9 Å². The number of benzene rings is 1. The molecule has 1 aliphatic rings. The number of aromatic nitrogens is 1. The van der Waals surface area contributed by atoms with Crippen LogP contribution in [0.2, 0.25) is 0 Å². The Bertz CT molecular complexity index is 1230. The minimum absolute atomic E-state index is 0.141. The van der Waals surface area contributed by atoms with Crippen LogP contribution in [0.1, 0.15) is 51.5 Å². The Kier molecular flexibility index (Phi) is 6.93. The number of hydrogen-bond donors (Lipinski definition) is 0. The van der Waals surface area contributed by atoms with E-state index in [9.17, 15) is 9.59 Å². The maximum Gasteiger partial charge on any atom is 0.259 e. The second kappa shape index (κ2) is 9.89. The zero-order chi connectivity index (χ0) is 24.4. The first kappa shape index (κ1) is 23.8. The third-order valence-electron chi connectivity index (χ3n) is 6.95. The van der Waals surface area contributed by atoms with Crippen molar-refractivity contribution in [2.75, 3.05) is 27.2 Å². The Balaban J connectivity index is 1.63. The van der Waals surface area contributed by atoms with Crippen LogP contribution in [-0.2, 0) is 19.5 Å². The summed E-state index contributed by atoms with van der Waals surface area (Å²) in [5.41, 5.74) is 4.85. The van der Waals surface area contributed by atoms with Crippen molar-refractivity contribution in [1.29, 1.82) is 0 Å². The summed E-state index contributed by atoms with van der Waals surface area (Å²) in [5.74, 6) is 0.836. The number of fused-ring (bicyclic) bond motifs is 1. The molecule has 0 radical (unpaired) electrons. The summed E-state index contributed by atoms with van der Waals surface area (Å²) in [6.07, 6.45) is 2.18. The average Bonchev–Trinajstić information content (AvgIpc) is 3.29. The standard InChI is InChI=1S/C27H33N3O4/c1-18-8-9-21(15-19(18)2)17-29-11-10-22-26(24(33-5)16-25(31)30(22)13-12-29)27(32)28(4)20(3)23-7-6-14-34-23/h6-9,14-16,20H,10-13,17H2,1-5H3/t20-/m0/s1. The number of aryl methyl sites for hydroxylation is 2. The number of nitrogens with zero attached hydrogens (tertiary/aromatic N) is 3. The van der Waals surface area contributed by atoms with Gasteiger partial charge in [-0.3, -0.25) is 14.5 Å². The van der Waals surface area contributed by atoms with E-state index < -0.39 is 0 Å². The van der Waals surface area contributed by atoms with Gasteiger partial charge in [0.2, 0.25) is 0 Å². The predicted octanol–water partition coefficient (Wildman–Crippen LogP) is 3.96. The fourth-order valence-corrected chi connectivity index (χ4v) is 4.57. The van der Waals surface area contributed by atoms with Gasteiger partial charge in [-0.05, 0) is 49.6 Å². The van der Waals surface area contributed by atoms with Crippen LogP contribution in [0.25, 0.3) is 0 Å². The maximum absolute atomic E-state index is 13.7. The van der Waals surface area contributed by atoms with Gasteiger partial charge >= 0.3 is 0 Å². The number of carbonyl (C=O) groups is 1. The normalized spacial score (nSPS) is 14.9. The molecule has 1 aliphatic heterocycles. The van der Waals surface area contributed by atoms with Crippen molar-refractivity contribution in [3.05, 3.63) is 86.7 Å². The number of pyridine rings is 1. The second-order valence-corrected chi connectivity index (χ2v) is 9.08. The molecule has 4 rings (SSSR count). The number of rotatable bonds is 6. The lowest BCUT2D eigenvalue weighted by atomic mass is 10.1. The molecule has 0 bridgehead atoms. The molecule has 1 aromatic carbocycles. The maximum atomic E-state index is 13.7. The minimum atomic E-state index is -0.258. The van der Waals surface area contributed by atoms with Crippen molar-refractivity contribution >= 4 is 5.91 Å². The fraction of sp³-hybridized carbons (Fsp3) is 0.407. The molecule has 0 spiro atoms. The van der Waals surface area contributed by atoms with E-state index in [1.807, 2.05) is 19.1 Å². The quantitative estimate of drug-likeness (QED) is 0.554. The highest BCUT2D eigenvalue weighted by Gasteiger charge is 2.29. The van der Waals surface area contributed by atoms with E-state index in [0.29, 0.717) is 30.0 Å². The number of hydrogen-bond acceptors (Lipinski definition) is 5. The van der Waals surface area contributed by atoms with Crippen LogP contribution < -0.4 is 10.3 Å². The summed E-state index contributed by atoms with van der Waals surface area (Å²) in [6, 6.07) is 11.4. The molecule has 1 atom stereocenters. The van der Waals surface area contributed by atoms with E-state index in [4.69, 9.17) is 9.15 Å². The number of amides is 1. The van der Waals surface area contributed by atoms with E-state index in [2.05, 4.69) is 36.9 Å². The molecule has 0 unspecified atom stereocenters. The zero-order valence-corrected chi connectivity index (χ0v) is 20.6. The predicted molar refractivity (Wildman–Crippen MR) is 131 cm³/mol. The monoisotopic (exact) mass is 463 g/mol. The van der Waals surface area contributed by atoms with E-state index in [-0.39, 0.29) is 17.5 Å². The van der Waals surface area contributed by atoms with Crippen molar-refractivity contribution < 1.29 is 13.9 Å². The summed E-state index contributed by atoms with van der Waals surface area (Å²) in [5, 5.41) is 0.